The second-order valence-electron chi connectivity index (χ2n) is 6.49. The first-order chi connectivity index (χ1) is 12.5. The Bertz CT molecular complexity index is 974. The van der Waals surface area contributed by atoms with E-state index in [1.54, 1.807) is 0 Å². The molecule has 4 nitrogen and oxygen atoms in total. The Morgan fingerprint density at radius 1 is 1.08 bits per heavy atom. The Morgan fingerprint density at radius 2 is 1.88 bits per heavy atom. The molecule has 0 spiro atoms. The zero-order valence-corrected chi connectivity index (χ0v) is 14.5. The predicted octanol–water partition coefficient (Wildman–Crippen LogP) is 4.89. The minimum atomic E-state index is -0.684. The maximum Gasteiger partial charge on any atom is 0.229 e. The summed E-state index contributed by atoms with van der Waals surface area (Å²) in [5, 5.41) is 2.85. The second-order valence-corrected chi connectivity index (χ2v) is 6.49. The van der Waals surface area contributed by atoms with Crippen molar-refractivity contribution in [1.82, 2.24) is 9.97 Å². The van der Waals surface area contributed by atoms with Gasteiger partial charge in [0, 0.05) is 29.6 Å². The number of nitrogens with zero attached hydrogens (tertiary/aromatic N) is 3. The number of fused-ring (bicyclic) bond motifs is 1. The van der Waals surface area contributed by atoms with Crippen LogP contribution in [0.5, 0.6) is 0 Å². The van der Waals surface area contributed by atoms with Crippen LogP contribution in [-0.4, -0.2) is 16.0 Å². The van der Waals surface area contributed by atoms with Crippen LogP contribution in [0.4, 0.5) is 31.9 Å². The van der Waals surface area contributed by atoms with Gasteiger partial charge in [0.25, 0.3) is 0 Å². The summed E-state index contributed by atoms with van der Waals surface area (Å²) in [7, 11) is 0. The number of halogens is 2. The number of rotatable bonds is 3. The summed E-state index contributed by atoms with van der Waals surface area (Å²) in [6, 6.07) is 13.8. The molecule has 2 heterocycles. The minimum Gasteiger partial charge on any atom is -0.323 e. The van der Waals surface area contributed by atoms with Crippen molar-refractivity contribution in [1.29, 1.82) is 0 Å². The number of anilines is 4. The van der Waals surface area contributed by atoms with Gasteiger partial charge in [0.15, 0.2) is 0 Å². The van der Waals surface area contributed by atoms with Crippen LogP contribution in [0, 0.1) is 18.6 Å². The van der Waals surface area contributed by atoms with Gasteiger partial charge in [-0.25, -0.2) is 13.8 Å². The normalized spacial score (nSPS) is 15.8. The molecule has 0 saturated carbocycles. The fraction of sp³-hybridized carbons (Fsp3) is 0.200. The molecule has 2 aromatic carbocycles. The number of hydrogen-bond donors (Lipinski definition) is 1. The Kier molecular flexibility index (Phi) is 4.03. The van der Waals surface area contributed by atoms with Gasteiger partial charge in [-0.1, -0.05) is 18.2 Å². The molecule has 1 aromatic heterocycles. The molecular formula is C20H18F2N4. The van der Waals surface area contributed by atoms with E-state index in [4.69, 9.17) is 0 Å². The van der Waals surface area contributed by atoms with E-state index in [0.717, 1.165) is 29.7 Å². The SMILES string of the molecule is Cc1cc(N2c3ccccc3CC2C)nc(Nc2ccc(F)cc2F)n1. The summed E-state index contributed by atoms with van der Waals surface area (Å²) >= 11 is 0. The molecule has 0 amide bonds. The van der Waals surface area contributed by atoms with Gasteiger partial charge in [-0.15, -0.1) is 0 Å². The van der Waals surface area contributed by atoms with Crippen molar-refractivity contribution < 1.29 is 8.78 Å². The lowest BCUT2D eigenvalue weighted by molar-refractivity contribution is 0.586. The molecular weight excluding hydrogens is 334 g/mol. The first-order valence-corrected chi connectivity index (χ1v) is 8.46. The van der Waals surface area contributed by atoms with Crippen LogP contribution in [0.1, 0.15) is 18.2 Å². The summed E-state index contributed by atoms with van der Waals surface area (Å²) in [6.45, 7) is 4.01. The zero-order valence-electron chi connectivity index (χ0n) is 14.5. The average Bonchev–Trinajstić information content (AvgIpc) is 2.92. The highest BCUT2D eigenvalue weighted by Crippen LogP contribution is 2.37. The lowest BCUT2D eigenvalue weighted by Crippen LogP contribution is -2.25. The molecule has 0 fully saturated rings. The van der Waals surface area contributed by atoms with E-state index in [1.165, 1.54) is 17.7 Å². The van der Waals surface area contributed by atoms with Crippen molar-refractivity contribution >= 4 is 23.1 Å². The Labute approximate surface area is 150 Å². The molecule has 3 aromatic rings. The number of hydrogen-bond acceptors (Lipinski definition) is 4. The van der Waals surface area contributed by atoms with Crippen molar-refractivity contribution in [3.63, 3.8) is 0 Å². The van der Waals surface area contributed by atoms with Gasteiger partial charge in [-0.05, 0) is 44.0 Å². The first kappa shape index (κ1) is 16.4. The van der Waals surface area contributed by atoms with Crippen molar-refractivity contribution in [2.24, 2.45) is 0 Å². The lowest BCUT2D eigenvalue weighted by atomic mass is 10.1. The van der Waals surface area contributed by atoms with Gasteiger partial charge in [0.1, 0.15) is 17.5 Å². The summed E-state index contributed by atoms with van der Waals surface area (Å²) in [6.07, 6.45) is 0.939. The molecule has 4 rings (SSSR count). The Balaban J connectivity index is 1.71. The van der Waals surface area contributed by atoms with Gasteiger partial charge in [-0.3, -0.25) is 0 Å². The average molecular weight is 352 g/mol. The molecule has 1 aliphatic heterocycles. The molecule has 6 heteroatoms. The fourth-order valence-corrected chi connectivity index (χ4v) is 3.36. The number of nitrogens with one attached hydrogen (secondary N) is 1. The van der Waals surface area contributed by atoms with Crippen molar-refractivity contribution in [3.8, 4) is 0 Å². The summed E-state index contributed by atoms with van der Waals surface area (Å²) in [5.41, 5.74) is 3.29. The maximum absolute atomic E-state index is 13.9. The van der Waals surface area contributed by atoms with E-state index >= 15 is 0 Å². The lowest BCUT2D eigenvalue weighted by Gasteiger charge is -2.24. The minimum absolute atomic E-state index is 0.137. The molecule has 1 unspecified atom stereocenters. The monoisotopic (exact) mass is 352 g/mol. The highest BCUT2D eigenvalue weighted by Gasteiger charge is 2.28. The smallest absolute Gasteiger partial charge is 0.229 e. The second kappa shape index (κ2) is 6.37. The van der Waals surface area contributed by atoms with Crippen LogP contribution in [-0.2, 0) is 6.42 Å². The number of benzene rings is 2. The number of aromatic nitrogens is 2. The van der Waals surface area contributed by atoms with Gasteiger partial charge >= 0.3 is 0 Å². The van der Waals surface area contributed by atoms with E-state index in [2.05, 4.69) is 39.2 Å². The van der Waals surface area contributed by atoms with E-state index in [0.29, 0.717) is 0 Å². The Morgan fingerprint density at radius 3 is 2.69 bits per heavy atom. The highest BCUT2D eigenvalue weighted by atomic mass is 19.1. The molecule has 1 atom stereocenters. The van der Waals surface area contributed by atoms with Crippen LogP contribution in [0.15, 0.2) is 48.5 Å². The summed E-state index contributed by atoms with van der Waals surface area (Å²) in [5.74, 6) is -0.278. The molecule has 0 saturated heterocycles. The molecule has 0 aliphatic carbocycles. The third kappa shape index (κ3) is 2.98. The molecule has 132 valence electrons. The van der Waals surface area contributed by atoms with Crippen molar-refractivity contribution in [3.05, 3.63) is 71.4 Å². The largest absolute Gasteiger partial charge is 0.323 e. The quantitative estimate of drug-likeness (QED) is 0.729. The van der Waals surface area contributed by atoms with Gasteiger partial charge < -0.3 is 10.2 Å². The summed E-state index contributed by atoms with van der Waals surface area (Å²) in [4.78, 5) is 11.1. The van der Waals surface area contributed by atoms with Crippen LogP contribution in [0.2, 0.25) is 0 Å². The zero-order chi connectivity index (χ0) is 18.3. The van der Waals surface area contributed by atoms with Crippen LogP contribution in [0.25, 0.3) is 0 Å². The van der Waals surface area contributed by atoms with E-state index in [9.17, 15) is 8.78 Å². The van der Waals surface area contributed by atoms with E-state index < -0.39 is 11.6 Å². The molecule has 0 bridgehead atoms. The first-order valence-electron chi connectivity index (χ1n) is 8.46. The molecule has 0 radical (unpaired) electrons. The number of aryl methyl sites for hydroxylation is 1. The van der Waals surface area contributed by atoms with Crippen LogP contribution in [0.3, 0.4) is 0 Å². The maximum atomic E-state index is 13.9. The third-order valence-corrected chi connectivity index (χ3v) is 4.47. The molecule has 1 N–H and O–H groups in total. The fourth-order valence-electron chi connectivity index (χ4n) is 3.36. The standard InChI is InChI=1S/C20H18F2N4/c1-12-9-19(26-13(2)10-14-5-3-4-6-18(14)26)25-20(23-12)24-17-8-7-15(21)11-16(17)22/h3-9,11,13H,10H2,1-2H3,(H,23,24,25). The van der Waals surface area contributed by atoms with E-state index in [1.807, 2.05) is 25.1 Å². The van der Waals surface area contributed by atoms with Crippen molar-refractivity contribution in [2.75, 3.05) is 10.2 Å². The third-order valence-electron chi connectivity index (χ3n) is 4.47. The highest BCUT2D eigenvalue weighted by molar-refractivity contribution is 5.70. The van der Waals surface area contributed by atoms with E-state index in [-0.39, 0.29) is 17.7 Å². The van der Waals surface area contributed by atoms with Gasteiger partial charge in [0.05, 0.1) is 5.69 Å². The van der Waals surface area contributed by atoms with Crippen molar-refractivity contribution in [2.45, 2.75) is 26.3 Å². The predicted molar refractivity (Wildman–Crippen MR) is 98.2 cm³/mol. The Hall–Kier alpha value is -3.02. The van der Waals surface area contributed by atoms with Crippen LogP contribution < -0.4 is 10.2 Å². The van der Waals surface area contributed by atoms with Gasteiger partial charge in [0.2, 0.25) is 5.95 Å². The van der Waals surface area contributed by atoms with Crippen LogP contribution >= 0.6 is 0 Å². The topological polar surface area (TPSA) is 41.1 Å². The summed E-state index contributed by atoms with van der Waals surface area (Å²) < 4.78 is 27.0. The van der Waals surface area contributed by atoms with Gasteiger partial charge in [-0.2, -0.15) is 4.98 Å². The molecule has 26 heavy (non-hydrogen) atoms. The number of para-hydroxylation sites is 1. The molecule has 1 aliphatic rings.